The molecule has 0 aliphatic carbocycles. The van der Waals surface area contributed by atoms with E-state index in [0.29, 0.717) is 11.5 Å². The van der Waals surface area contributed by atoms with E-state index < -0.39 is 18.6 Å². The van der Waals surface area contributed by atoms with Gasteiger partial charge in [0.05, 0.1) is 20.6 Å². The van der Waals surface area contributed by atoms with Gasteiger partial charge in [0.2, 0.25) is 0 Å². The van der Waals surface area contributed by atoms with E-state index in [4.69, 9.17) is 9.47 Å². The van der Waals surface area contributed by atoms with E-state index in [2.05, 4.69) is 5.32 Å². The van der Waals surface area contributed by atoms with E-state index in [1.807, 2.05) is 0 Å². The number of hydrogen-bond acceptors (Lipinski definition) is 3. The van der Waals surface area contributed by atoms with Crippen molar-refractivity contribution in [3.8, 4) is 11.5 Å². The van der Waals surface area contributed by atoms with E-state index >= 15 is 0 Å². The third-order valence-electron chi connectivity index (χ3n) is 2.90. The van der Waals surface area contributed by atoms with Crippen molar-refractivity contribution < 1.29 is 22.6 Å². The summed E-state index contributed by atoms with van der Waals surface area (Å²) in [7, 11) is 3.01. The molecule has 1 heterocycles. The third kappa shape index (κ3) is 2.87. The van der Waals surface area contributed by atoms with Gasteiger partial charge in [0, 0.05) is 12.1 Å². The Hall–Kier alpha value is -1.43. The van der Waals surface area contributed by atoms with E-state index in [1.165, 1.54) is 14.2 Å². The first-order chi connectivity index (χ1) is 8.44. The zero-order chi connectivity index (χ0) is 13.3. The molecule has 1 aromatic carbocycles. The number of hydrogen-bond donors (Lipinski definition) is 1. The van der Waals surface area contributed by atoms with Gasteiger partial charge < -0.3 is 14.8 Å². The Labute approximate surface area is 103 Å². The molecule has 0 radical (unpaired) electrons. The van der Waals surface area contributed by atoms with E-state index in [1.54, 1.807) is 18.2 Å². The summed E-state index contributed by atoms with van der Waals surface area (Å²) in [5, 5.41) is 2.81. The van der Waals surface area contributed by atoms with Crippen LogP contribution in [0.15, 0.2) is 18.2 Å². The summed E-state index contributed by atoms with van der Waals surface area (Å²) in [6, 6.07) is 4.34. The molecule has 100 valence electrons. The minimum atomic E-state index is -4.14. The van der Waals surface area contributed by atoms with Crippen LogP contribution < -0.4 is 14.8 Å². The monoisotopic (exact) mass is 261 g/mol. The Balaban J connectivity index is 2.08. The van der Waals surface area contributed by atoms with E-state index in [0.717, 1.165) is 5.56 Å². The lowest BCUT2D eigenvalue weighted by Crippen LogP contribution is -2.12. The smallest absolute Gasteiger partial charge is 0.390 e. The number of benzene rings is 1. The molecule has 1 N–H and O–H groups in total. The van der Waals surface area contributed by atoms with Gasteiger partial charge in [-0.2, -0.15) is 13.2 Å². The highest BCUT2D eigenvalue weighted by Gasteiger charge is 2.45. The fourth-order valence-electron chi connectivity index (χ4n) is 1.98. The topological polar surface area (TPSA) is 40.4 Å². The normalized spacial score (nSPS) is 22.7. The van der Waals surface area contributed by atoms with Crippen molar-refractivity contribution in [3.05, 3.63) is 23.8 Å². The summed E-state index contributed by atoms with van der Waals surface area (Å²) in [6.07, 6.45) is -4.95. The quantitative estimate of drug-likeness (QED) is 0.847. The lowest BCUT2D eigenvalue weighted by Gasteiger charge is -2.09. The summed E-state index contributed by atoms with van der Waals surface area (Å²) in [6.45, 7) is 0. The highest BCUT2D eigenvalue weighted by molar-refractivity contribution is 5.45. The first-order valence-corrected chi connectivity index (χ1v) is 5.49. The highest BCUT2D eigenvalue weighted by atomic mass is 19.4. The first kappa shape index (κ1) is 13.0. The molecule has 1 saturated heterocycles. The molecule has 0 aromatic heterocycles. The van der Waals surface area contributed by atoms with Gasteiger partial charge in [-0.3, -0.25) is 0 Å². The van der Waals surface area contributed by atoms with Crippen molar-refractivity contribution >= 4 is 0 Å². The second kappa shape index (κ2) is 4.68. The molecule has 2 rings (SSSR count). The van der Waals surface area contributed by atoms with Crippen LogP contribution in [0.4, 0.5) is 13.2 Å². The van der Waals surface area contributed by atoms with Crippen molar-refractivity contribution in [1.29, 1.82) is 0 Å². The predicted molar refractivity (Wildman–Crippen MR) is 59.9 cm³/mol. The summed E-state index contributed by atoms with van der Waals surface area (Å²) < 4.78 is 46.8. The number of alkyl halides is 3. The van der Waals surface area contributed by atoms with Gasteiger partial charge >= 0.3 is 6.18 Å². The highest BCUT2D eigenvalue weighted by Crippen LogP contribution is 2.40. The second-order valence-corrected chi connectivity index (χ2v) is 4.18. The predicted octanol–water partition coefficient (Wildman–Crippen LogP) is 2.67. The van der Waals surface area contributed by atoms with Gasteiger partial charge in [0.25, 0.3) is 0 Å². The summed E-state index contributed by atoms with van der Waals surface area (Å²) >= 11 is 0. The first-order valence-electron chi connectivity index (χ1n) is 5.49. The van der Waals surface area contributed by atoms with Gasteiger partial charge in [-0.25, -0.2) is 0 Å². The van der Waals surface area contributed by atoms with Crippen LogP contribution in [0.25, 0.3) is 0 Å². The molecule has 0 saturated carbocycles. The lowest BCUT2D eigenvalue weighted by molar-refractivity contribution is -0.134. The average molecular weight is 261 g/mol. The molecule has 3 nitrogen and oxygen atoms in total. The van der Waals surface area contributed by atoms with Gasteiger partial charge in [0.15, 0.2) is 11.5 Å². The van der Waals surface area contributed by atoms with Crippen molar-refractivity contribution in [1.82, 2.24) is 5.32 Å². The number of rotatable bonds is 4. The largest absolute Gasteiger partial charge is 0.493 e. The zero-order valence-electron chi connectivity index (χ0n) is 10.0. The van der Waals surface area contributed by atoms with Crippen LogP contribution in [0.3, 0.4) is 0 Å². The minimum Gasteiger partial charge on any atom is -0.493 e. The maximum atomic E-state index is 12.2. The molecule has 18 heavy (non-hydrogen) atoms. The number of nitrogens with one attached hydrogen (secondary N) is 1. The Bertz CT molecular complexity index is 434. The van der Waals surface area contributed by atoms with Crippen molar-refractivity contribution in [3.63, 3.8) is 0 Å². The second-order valence-electron chi connectivity index (χ2n) is 4.18. The Morgan fingerprint density at radius 2 is 1.83 bits per heavy atom. The maximum Gasteiger partial charge on any atom is 0.390 e. The Kier molecular flexibility index (Phi) is 3.38. The SMILES string of the molecule is COc1ccc([C@@H]2N[C@@H]2CC(F)(F)F)cc1OC. The number of halogens is 3. The minimum absolute atomic E-state index is 0.258. The van der Waals surface area contributed by atoms with Crippen LogP contribution in [0, 0.1) is 0 Å². The Morgan fingerprint density at radius 3 is 2.39 bits per heavy atom. The van der Waals surface area contributed by atoms with Crippen molar-refractivity contribution in [2.45, 2.75) is 24.7 Å². The van der Waals surface area contributed by atoms with Gasteiger partial charge in [-0.15, -0.1) is 0 Å². The molecule has 0 spiro atoms. The summed E-state index contributed by atoms with van der Waals surface area (Å²) in [5.74, 6) is 1.09. The maximum absolute atomic E-state index is 12.2. The lowest BCUT2D eigenvalue weighted by atomic mass is 10.1. The summed E-state index contributed by atoms with van der Waals surface area (Å²) in [5.41, 5.74) is 0.780. The van der Waals surface area contributed by atoms with Crippen LogP contribution in [0.5, 0.6) is 11.5 Å². The van der Waals surface area contributed by atoms with Crippen LogP contribution in [-0.2, 0) is 0 Å². The molecule has 0 unspecified atom stereocenters. The van der Waals surface area contributed by atoms with Crippen LogP contribution in [0.2, 0.25) is 0 Å². The van der Waals surface area contributed by atoms with Crippen molar-refractivity contribution in [2.24, 2.45) is 0 Å². The van der Waals surface area contributed by atoms with Gasteiger partial charge in [0.1, 0.15) is 0 Å². The molecule has 1 aliphatic rings. The molecule has 0 bridgehead atoms. The standard InChI is InChI=1S/C12H14F3NO2/c1-17-9-4-3-7(5-10(9)18-2)11-8(16-11)6-12(13,14)15/h3-5,8,11,16H,6H2,1-2H3/t8-,11+/m1/s1. The number of methoxy groups -OCH3 is 2. The van der Waals surface area contributed by atoms with Gasteiger partial charge in [-0.05, 0) is 17.7 Å². The van der Waals surface area contributed by atoms with Crippen LogP contribution in [-0.4, -0.2) is 26.4 Å². The molecular weight excluding hydrogens is 247 g/mol. The third-order valence-corrected chi connectivity index (χ3v) is 2.90. The molecule has 6 heteroatoms. The number of ether oxygens (including phenoxy) is 2. The van der Waals surface area contributed by atoms with Crippen molar-refractivity contribution in [2.75, 3.05) is 14.2 Å². The van der Waals surface area contributed by atoms with Crippen LogP contribution >= 0.6 is 0 Å². The van der Waals surface area contributed by atoms with Gasteiger partial charge in [-0.1, -0.05) is 6.07 Å². The Morgan fingerprint density at radius 1 is 1.17 bits per heavy atom. The zero-order valence-corrected chi connectivity index (χ0v) is 10.0. The molecule has 0 amide bonds. The van der Waals surface area contributed by atoms with E-state index in [-0.39, 0.29) is 6.04 Å². The summed E-state index contributed by atoms with van der Waals surface area (Å²) in [4.78, 5) is 0. The van der Waals surface area contributed by atoms with E-state index in [9.17, 15) is 13.2 Å². The molecule has 1 fully saturated rings. The molecular formula is C12H14F3NO2. The van der Waals surface area contributed by atoms with Crippen LogP contribution in [0.1, 0.15) is 18.0 Å². The average Bonchev–Trinajstić information content (AvgIpc) is 3.04. The fourth-order valence-corrected chi connectivity index (χ4v) is 1.98. The molecule has 1 aromatic rings. The fraction of sp³-hybridized carbons (Fsp3) is 0.500. The molecule has 2 atom stereocenters. The molecule has 1 aliphatic heterocycles.